The zero-order valence-electron chi connectivity index (χ0n) is 17.3. The summed E-state index contributed by atoms with van der Waals surface area (Å²) in [5.41, 5.74) is 4.99. The molecule has 0 radical (unpaired) electrons. The van der Waals surface area contributed by atoms with Crippen LogP contribution in [-0.2, 0) is 13.0 Å². The molecule has 0 atom stereocenters. The molecule has 1 amide bonds. The number of hydrogen-bond acceptors (Lipinski definition) is 4. The van der Waals surface area contributed by atoms with Crippen molar-refractivity contribution in [2.75, 3.05) is 6.61 Å². The van der Waals surface area contributed by atoms with Gasteiger partial charge in [0.05, 0.1) is 12.3 Å². The molecule has 6 heteroatoms. The molecule has 3 aromatic carbocycles. The number of carbonyl (C=O) groups excluding carboxylic acids is 1. The number of carbonyl (C=O) groups is 1. The lowest BCUT2D eigenvalue weighted by molar-refractivity contribution is 0.0944. The highest BCUT2D eigenvalue weighted by atomic mass is 16.5. The van der Waals surface area contributed by atoms with Crippen LogP contribution in [0.15, 0.2) is 89.7 Å². The molecule has 0 saturated carbocycles. The molecule has 0 saturated heterocycles. The summed E-state index contributed by atoms with van der Waals surface area (Å²) in [7, 11) is 0. The van der Waals surface area contributed by atoms with E-state index >= 15 is 0 Å². The van der Waals surface area contributed by atoms with Crippen molar-refractivity contribution in [1.82, 2.24) is 15.1 Å². The normalized spacial score (nSPS) is 12.1. The van der Waals surface area contributed by atoms with E-state index in [-0.39, 0.29) is 17.2 Å². The van der Waals surface area contributed by atoms with Gasteiger partial charge in [-0.1, -0.05) is 48.5 Å². The fourth-order valence-electron chi connectivity index (χ4n) is 3.74. The molecule has 0 bridgehead atoms. The van der Waals surface area contributed by atoms with Crippen LogP contribution in [0.1, 0.15) is 21.6 Å². The Kier molecular flexibility index (Phi) is 5.25. The van der Waals surface area contributed by atoms with E-state index in [2.05, 4.69) is 22.5 Å². The first-order valence-electron chi connectivity index (χ1n) is 10.5. The van der Waals surface area contributed by atoms with Crippen molar-refractivity contribution in [1.29, 1.82) is 0 Å². The van der Waals surface area contributed by atoms with Gasteiger partial charge in [0.2, 0.25) is 0 Å². The minimum Gasteiger partial charge on any atom is -0.493 e. The molecule has 2 heterocycles. The maximum absolute atomic E-state index is 12.6. The maximum Gasteiger partial charge on any atom is 0.272 e. The summed E-state index contributed by atoms with van der Waals surface area (Å²) in [6.45, 7) is 1.11. The van der Waals surface area contributed by atoms with E-state index in [1.807, 2.05) is 48.5 Å². The minimum atomic E-state index is -0.336. The standard InChI is InChI=1S/C26H21N3O3/c30-25-13-11-23(28-29(25)22-4-2-1-3-5-22)26(31)27-17-18-6-8-19(9-7-18)20-10-12-24-21(16-20)14-15-32-24/h1-13,16H,14-15,17H2,(H,27,31). The molecule has 0 unspecified atom stereocenters. The van der Waals surface area contributed by atoms with E-state index in [1.54, 1.807) is 12.1 Å². The van der Waals surface area contributed by atoms with Crippen molar-refractivity contribution in [2.24, 2.45) is 0 Å². The molecule has 4 aromatic rings. The van der Waals surface area contributed by atoms with E-state index in [1.165, 1.54) is 22.4 Å². The highest BCUT2D eigenvalue weighted by molar-refractivity contribution is 5.92. The zero-order chi connectivity index (χ0) is 21.9. The van der Waals surface area contributed by atoms with Gasteiger partial charge in [0.15, 0.2) is 0 Å². The Labute approximate surface area is 185 Å². The van der Waals surface area contributed by atoms with Crippen LogP contribution in [0.5, 0.6) is 5.75 Å². The highest BCUT2D eigenvalue weighted by Gasteiger charge is 2.13. The molecule has 0 fully saturated rings. The number of benzene rings is 3. The van der Waals surface area contributed by atoms with Crippen LogP contribution in [0.2, 0.25) is 0 Å². The lowest BCUT2D eigenvalue weighted by Gasteiger charge is -2.09. The van der Waals surface area contributed by atoms with Gasteiger partial charge in [0.25, 0.3) is 11.5 Å². The van der Waals surface area contributed by atoms with Crippen molar-refractivity contribution in [3.05, 3.63) is 112 Å². The Morgan fingerprint density at radius 1 is 0.938 bits per heavy atom. The maximum atomic E-state index is 12.6. The van der Waals surface area contributed by atoms with Crippen molar-refractivity contribution >= 4 is 5.91 Å². The Morgan fingerprint density at radius 3 is 2.53 bits per heavy atom. The van der Waals surface area contributed by atoms with Gasteiger partial charge < -0.3 is 10.1 Å². The van der Waals surface area contributed by atoms with Gasteiger partial charge in [0, 0.05) is 19.0 Å². The molecule has 0 aliphatic carbocycles. The SMILES string of the molecule is O=C(NCc1ccc(-c2ccc3c(c2)CCO3)cc1)c1ccc(=O)n(-c2ccccc2)n1. The Hall–Kier alpha value is -4.19. The third-order valence-corrected chi connectivity index (χ3v) is 5.46. The quantitative estimate of drug-likeness (QED) is 0.530. The summed E-state index contributed by atoms with van der Waals surface area (Å²) in [4.78, 5) is 24.8. The number of nitrogens with zero attached hydrogens (tertiary/aromatic N) is 2. The number of hydrogen-bond donors (Lipinski definition) is 1. The smallest absolute Gasteiger partial charge is 0.272 e. The van der Waals surface area contributed by atoms with E-state index in [9.17, 15) is 9.59 Å². The van der Waals surface area contributed by atoms with Crippen LogP contribution < -0.4 is 15.6 Å². The molecule has 1 aliphatic rings. The van der Waals surface area contributed by atoms with E-state index in [0.29, 0.717) is 12.2 Å². The summed E-state index contributed by atoms with van der Waals surface area (Å²) in [5, 5.41) is 7.09. The van der Waals surface area contributed by atoms with Gasteiger partial charge in [-0.15, -0.1) is 0 Å². The fraction of sp³-hybridized carbons (Fsp3) is 0.115. The number of fused-ring (bicyclic) bond motifs is 1. The Bertz CT molecular complexity index is 1330. The van der Waals surface area contributed by atoms with Crippen molar-refractivity contribution < 1.29 is 9.53 Å². The molecule has 1 aromatic heterocycles. The summed E-state index contributed by atoms with van der Waals surface area (Å²) >= 11 is 0. The Balaban J connectivity index is 1.27. The van der Waals surface area contributed by atoms with Crippen molar-refractivity contribution in [3.8, 4) is 22.6 Å². The van der Waals surface area contributed by atoms with E-state index in [4.69, 9.17) is 4.74 Å². The number of nitrogens with one attached hydrogen (secondary N) is 1. The van der Waals surface area contributed by atoms with Gasteiger partial charge in [-0.2, -0.15) is 9.78 Å². The average molecular weight is 423 g/mol. The molecule has 6 nitrogen and oxygen atoms in total. The third-order valence-electron chi connectivity index (χ3n) is 5.46. The fourth-order valence-corrected chi connectivity index (χ4v) is 3.74. The number of ether oxygens (including phenoxy) is 1. The van der Waals surface area contributed by atoms with Crippen LogP contribution in [-0.4, -0.2) is 22.3 Å². The second-order valence-corrected chi connectivity index (χ2v) is 7.60. The van der Waals surface area contributed by atoms with Crippen LogP contribution >= 0.6 is 0 Å². The largest absolute Gasteiger partial charge is 0.493 e. The van der Waals surface area contributed by atoms with Crippen LogP contribution in [0, 0.1) is 0 Å². The molecule has 1 N–H and O–H groups in total. The first-order chi connectivity index (χ1) is 15.7. The first-order valence-corrected chi connectivity index (χ1v) is 10.5. The number of amides is 1. The number of para-hydroxylation sites is 1. The second kappa shape index (κ2) is 8.51. The minimum absolute atomic E-state index is 0.186. The lowest BCUT2D eigenvalue weighted by Crippen LogP contribution is -2.28. The number of rotatable bonds is 5. The molecule has 5 rings (SSSR count). The average Bonchev–Trinajstić information content (AvgIpc) is 3.32. The number of aromatic nitrogens is 2. The van der Waals surface area contributed by atoms with Gasteiger partial charge in [-0.25, -0.2) is 0 Å². The summed E-state index contributed by atoms with van der Waals surface area (Å²) < 4.78 is 6.80. The van der Waals surface area contributed by atoms with Crippen LogP contribution in [0.4, 0.5) is 0 Å². The predicted molar refractivity (Wildman–Crippen MR) is 122 cm³/mol. The summed E-state index contributed by atoms with van der Waals surface area (Å²) in [6.07, 6.45) is 0.943. The monoisotopic (exact) mass is 423 g/mol. The Morgan fingerprint density at radius 2 is 1.72 bits per heavy atom. The van der Waals surface area contributed by atoms with Gasteiger partial charge in [-0.05, 0) is 52.6 Å². The van der Waals surface area contributed by atoms with Crippen LogP contribution in [0.3, 0.4) is 0 Å². The third kappa shape index (κ3) is 4.03. The van der Waals surface area contributed by atoms with E-state index < -0.39 is 0 Å². The van der Waals surface area contributed by atoms with Crippen molar-refractivity contribution in [2.45, 2.75) is 13.0 Å². The summed E-state index contributed by atoms with van der Waals surface area (Å²) in [5.74, 6) is 0.637. The summed E-state index contributed by atoms with van der Waals surface area (Å²) in [6, 6.07) is 26.2. The molecular weight excluding hydrogens is 402 g/mol. The molecule has 0 spiro atoms. The van der Waals surface area contributed by atoms with Gasteiger partial charge in [-0.3, -0.25) is 9.59 Å². The van der Waals surface area contributed by atoms with Crippen LogP contribution in [0.25, 0.3) is 16.8 Å². The topological polar surface area (TPSA) is 73.2 Å². The molecule has 158 valence electrons. The first kappa shape index (κ1) is 19.8. The van der Waals surface area contributed by atoms with Gasteiger partial charge >= 0.3 is 0 Å². The van der Waals surface area contributed by atoms with E-state index in [0.717, 1.165) is 35.5 Å². The lowest BCUT2D eigenvalue weighted by atomic mass is 10.0. The zero-order valence-corrected chi connectivity index (χ0v) is 17.3. The predicted octanol–water partition coefficient (Wildman–Crippen LogP) is 3.76. The highest BCUT2D eigenvalue weighted by Crippen LogP contribution is 2.30. The molecular formula is C26H21N3O3. The van der Waals surface area contributed by atoms with Gasteiger partial charge in [0.1, 0.15) is 11.4 Å². The molecule has 32 heavy (non-hydrogen) atoms. The van der Waals surface area contributed by atoms with Crippen molar-refractivity contribution in [3.63, 3.8) is 0 Å². The second-order valence-electron chi connectivity index (χ2n) is 7.60. The molecule has 1 aliphatic heterocycles.